The Balaban J connectivity index is 1.44. The number of Topliss-reactive ketones (excluding diaryl/α,β-unsaturated/α-hetero) is 1. The molecule has 0 aromatic heterocycles. The van der Waals surface area contributed by atoms with Crippen molar-refractivity contribution >= 4 is 23.5 Å². The van der Waals surface area contributed by atoms with E-state index in [-0.39, 0.29) is 55.7 Å². The van der Waals surface area contributed by atoms with E-state index in [1.165, 1.54) is 18.2 Å². The Hall–Kier alpha value is -4.00. The molecule has 2 aliphatic heterocycles. The molecule has 2 saturated heterocycles. The van der Waals surface area contributed by atoms with Crippen molar-refractivity contribution < 1.29 is 38.9 Å². The van der Waals surface area contributed by atoms with Gasteiger partial charge in [-0.25, -0.2) is 0 Å². The van der Waals surface area contributed by atoms with Gasteiger partial charge in [-0.15, -0.1) is 0 Å². The SMILES string of the molecule is C[C@]1(C(=O)[C@H](Cc2ccccc2)NC(=O)C(Cc2ccc(O)c(O)c2)NC(=O)CNC(=O)CN2CCOCC2)CO1. The summed E-state index contributed by atoms with van der Waals surface area (Å²) in [5.74, 6) is -2.54. The highest BCUT2D eigenvalue weighted by molar-refractivity contribution is 5.98. The lowest BCUT2D eigenvalue weighted by molar-refractivity contribution is -0.133. The van der Waals surface area contributed by atoms with Crippen LogP contribution in [-0.2, 0) is 41.5 Å². The number of benzene rings is 2. The van der Waals surface area contributed by atoms with E-state index in [1.54, 1.807) is 6.92 Å². The first-order valence-corrected chi connectivity index (χ1v) is 13.5. The number of phenolic OH excluding ortho intramolecular Hbond substituents is 2. The quantitative estimate of drug-likeness (QED) is 0.160. The number of ether oxygens (including phenoxy) is 2. The van der Waals surface area contributed by atoms with Gasteiger partial charge in [0.15, 0.2) is 17.3 Å². The predicted octanol–water partition coefficient (Wildman–Crippen LogP) is -0.341. The summed E-state index contributed by atoms with van der Waals surface area (Å²) in [5.41, 5.74) is 0.307. The zero-order valence-electron chi connectivity index (χ0n) is 22.9. The summed E-state index contributed by atoms with van der Waals surface area (Å²) in [6.45, 7) is 4.00. The number of amides is 3. The van der Waals surface area contributed by atoms with Crippen LogP contribution in [0.25, 0.3) is 0 Å². The Labute approximate surface area is 238 Å². The van der Waals surface area contributed by atoms with Crippen LogP contribution in [0, 0.1) is 0 Å². The largest absolute Gasteiger partial charge is 0.504 e. The highest BCUT2D eigenvalue weighted by Crippen LogP contribution is 2.29. The second-order valence-electron chi connectivity index (χ2n) is 10.4. The summed E-state index contributed by atoms with van der Waals surface area (Å²) in [4.78, 5) is 53.9. The molecule has 12 nitrogen and oxygen atoms in total. The Bertz CT molecular complexity index is 1240. The third-order valence-corrected chi connectivity index (χ3v) is 7.06. The zero-order valence-corrected chi connectivity index (χ0v) is 22.9. The normalized spacial score (nSPS) is 19.9. The molecule has 41 heavy (non-hydrogen) atoms. The molecule has 3 atom stereocenters. The Kier molecular flexibility index (Phi) is 9.92. The fraction of sp³-hybridized carbons (Fsp3) is 0.448. The summed E-state index contributed by atoms with van der Waals surface area (Å²) in [6.07, 6.45) is 0.176. The number of aromatic hydroxyl groups is 2. The van der Waals surface area contributed by atoms with Crippen molar-refractivity contribution in [3.05, 3.63) is 59.7 Å². The van der Waals surface area contributed by atoms with E-state index in [9.17, 15) is 29.4 Å². The molecule has 2 heterocycles. The molecule has 0 radical (unpaired) electrons. The maximum Gasteiger partial charge on any atom is 0.243 e. The van der Waals surface area contributed by atoms with Crippen LogP contribution in [0.3, 0.4) is 0 Å². The van der Waals surface area contributed by atoms with Crippen molar-refractivity contribution in [3.63, 3.8) is 0 Å². The van der Waals surface area contributed by atoms with Crippen molar-refractivity contribution in [2.75, 3.05) is 46.0 Å². The molecule has 2 aromatic rings. The Morgan fingerprint density at radius 1 is 0.902 bits per heavy atom. The fourth-order valence-corrected chi connectivity index (χ4v) is 4.53. The van der Waals surface area contributed by atoms with E-state index < -0.39 is 29.5 Å². The van der Waals surface area contributed by atoms with Crippen LogP contribution in [0.1, 0.15) is 18.1 Å². The van der Waals surface area contributed by atoms with Gasteiger partial charge in [-0.2, -0.15) is 0 Å². The molecule has 2 fully saturated rings. The highest BCUT2D eigenvalue weighted by atomic mass is 16.6. The Morgan fingerprint density at radius 2 is 1.59 bits per heavy atom. The summed E-state index contributed by atoms with van der Waals surface area (Å²) in [5, 5.41) is 27.6. The third kappa shape index (κ3) is 8.74. The summed E-state index contributed by atoms with van der Waals surface area (Å²) >= 11 is 0. The molecule has 1 unspecified atom stereocenters. The van der Waals surface area contributed by atoms with Crippen molar-refractivity contribution in [1.82, 2.24) is 20.9 Å². The van der Waals surface area contributed by atoms with Crippen LogP contribution in [0.5, 0.6) is 11.5 Å². The number of nitrogens with one attached hydrogen (secondary N) is 3. The summed E-state index contributed by atoms with van der Waals surface area (Å²) < 4.78 is 10.6. The molecule has 0 aliphatic carbocycles. The molecule has 12 heteroatoms. The van der Waals surface area contributed by atoms with Gasteiger partial charge in [-0.05, 0) is 36.6 Å². The van der Waals surface area contributed by atoms with Crippen molar-refractivity contribution in [2.24, 2.45) is 0 Å². The number of epoxide rings is 1. The van der Waals surface area contributed by atoms with Gasteiger partial charge >= 0.3 is 0 Å². The van der Waals surface area contributed by atoms with Gasteiger partial charge in [-0.1, -0.05) is 36.4 Å². The lowest BCUT2D eigenvalue weighted by Gasteiger charge is -2.26. The van der Waals surface area contributed by atoms with E-state index in [0.717, 1.165) is 5.56 Å². The maximum absolute atomic E-state index is 13.6. The zero-order chi connectivity index (χ0) is 29.4. The molecule has 0 bridgehead atoms. The van der Waals surface area contributed by atoms with Gasteiger partial charge in [0.25, 0.3) is 0 Å². The molecule has 0 saturated carbocycles. The van der Waals surface area contributed by atoms with Crippen LogP contribution in [0.2, 0.25) is 0 Å². The topological polar surface area (TPSA) is 170 Å². The van der Waals surface area contributed by atoms with Gasteiger partial charge in [0, 0.05) is 19.5 Å². The highest BCUT2D eigenvalue weighted by Gasteiger charge is 2.50. The number of hydrogen-bond donors (Lipinski definition) is 5. The first-order valence-electron chi connectivity index (χ1n) is 13.5. The molecule has 220 valence electrons. The number of carbonyl (C=O) groups is 4. The standard InChI is InChI=1S/C29H36N4O8/c1-29(18-41-29)27(38)21(13-19-5-3-2-4-6-19)32-28(39)22(14-20-7-8-23(34)24(35)15-20)31-25(36)16-30-26(37)17-33-9-11-40-12-10-33/h2-8,15,21-22,34-35H,9-14,16-18H2,1H3,(H,30,37)(H,31,36)(H,32,39)/t21-,22?,29+/m0/s1. The number of hydrogen-bond acceptors (Lipinski definition) is 9. The first kappa shape index (κ1) is 30.0. The number of ketones is 1. The van der Waals surface area contributed by atoms with Gasteiger partial charge < -0.3 is 35.6 Å². The molecule has 2 aromatic carbocycles. The minimum absolute atomic E-state index is 0.0485. The van der Waals surface area contributed by atoms with E-state index in [1.807, 2.05) is 35.2 Å². The van der Waals surface area contributed by atoms with Gasteiger partial charge in [0.1, 0.15) is 11.6 Å². The monoisotopic (exact) mass is 568 g/mol. The van der Waals surface area contributed by atoms with E-state index >= 15 is 0 Å². The van der Waals surface area contributed by atoms with Crippen molar-refractivity contribution in [3.8, 4) is 11.5 Å². The van der Waals surface area contributed by atoms with E-state index in [0.29, 0.717) is 31.9 Å². The molecular formula is C29H36N4O8. The molecule has 5 N–H and O–H groups in total. The number of morpholine rings is 1. The van der Waals surface area contributed by atoms with Crippen molar-refractivity contribution in [1.29, 1.82) is 0 Å². The molecular weight excluding hydrogens is 532 g/mol. The molecule has 3 amide bonds. The van der Waals surface area contributed by atoms with Gasteiger partial charge in [0.2, 0.25) is 17.7 Å². The molecule has 0 spiro atoms. The number of nitrogens with zero attached hydrogens (tertiary/aromatic N) is 1. The van der Waals surface area contributed by atoms with Crippen LogP contribution in [0.15, 0.2) is 48.5 Å². The molecule has 2 aliphatic rings. The number of phenols is 2. The average Bonchev–Trinajstić information content (AvgIpc) is 3.72. The second kappa shape index (κ2) is 13.6. The van der Waals surface area contributed by atoms with E-state index in [4.69, 9.17) is 9.47 Å². The minimum atomic E-state index is -1.15. The predicted molar refractivity (Wildman–Crippen MR) is 147 cm³/mol. The van der Waals surface area contributed by atoms with Crippen LogP contribution < -0.4 is 16.0 Å². The third-order valence-electron chi connectivity index (χ3n) is 7.06. The van der Waals surface area contributed by atoms with Crippen LogP contribution >= 0.6 is 0 Å². The first-order chi connectivity index (χ1) is 19.6. The van der Waals surface area contributed by atoms with Gasteiger partial charge in [-0.3, -0.25) is 24.1 Å². The van der Waals surface area contributed by atoms with Crippen LogP contribution in [0.4, 0.5) is 0 Å². The smallest absolute Gasteiger partial charge is 0.243 e. The Morgan fingerprint density at radius 3 is 2.24 bits per heavy atom. The second-order valence-corrected chi connectivity index (χ2v) is 10.4. The average molecular weight is 569 g/mol. The summed E-state index contributed by atoms with van der Waals surface area (Å²) in [6, 6.07) is 11.2. The number of carbonyl (C=O) groups excluding carboxylic acids is 4. The van der Waals surface area contributed by atoms with E-state index in [2.05, 4.69) is 16.0 Å². The minimum Gasteiger partial charge on any atom is -0.504 e. The van der Waals surface area contributed by atoms with Gasteiger partial charge in [0.05, 0.1) is 39.0 Å². The maximum atomic E-state index is 13.6. The fourth-order valence-electron chi connectivity index (χ4n) is 4.53. The molecule has 4 rings (SSSR count). The lowest BCUT2D eigenvalue weighted by atomic mass is 9.94. The van der Waals surface area contributed by atoms with Crippen LogP contribution in [-0.4, -0.2) is 102 Å². The lowest BCUT2D eigenvalue weighted by Crippen LogP contribution is -2.56. The summed E-state index contributed by atoms with van der Waals surface area (Å²) in [7, 11) is 0. The van der Waals surface area contributed by atoms with Crippen molar-refractivity contribution in [2.45, 2.75) is 37.5 Å². The number of rotatable bonds is 13.